The number of nitrogens with two attached hydrogens (primary N) is 1. The predicted molar refractivity (Wildman–Crippen MR) is 107 cm³/mol. The minimum atomic E-state index is -0.600. The molecule has 0 heterocycles. The summed E-state index contributed by atoms with van der Waals surface area (Å²) in [6.07, 6.45) is 0. The van der Waals surface area contributed by atoms with Gasteiger partial charge in [-0.25, -0.2) is 0 Å². The van der Waals surface area contributed by atoms with Gasteiger partial charge in [-0.05, 0) is 48.5 Å². The average Bonchev–Trinajstić information content (AvgIpc) is 2.72. The summed E-state index contributed by atoms with van der Waals surface area (Å²) in [6.45, 7) is 0.794. The van der Waals surface area contributed by atoms with Gasteiger partial charge in [0, 0.05) is 5.56 Å². The van der Waals surface area contributed by atoms with Crippen LogP contribution in [-0.2, 0) is 0 Å². The molecule has 142 valence electrons. The molecule has 2 amide bonds. The fourth-order valence-corrected chi connectivity index (χ4v) is 2.54. The number of primary amides is 1. The molecule has 3 rings (SSSR count). The van der Waals surface area contributed by atoms with E-state index < -0.39 is 5.91 Å². The first-order chi connectivity index (χ1) is 13.6. The summed E-state index contributed by atoms with van der Waals surface area (Å²) >= 11 is 0. The Hall–Kier alpha value is -3.80. The molecule has 3 aromatic rings. The number of carbonyl (C=O) groups is 2. The summed E-state index contributed by atoms with van der Waals surface area (Å²) in [4.78, 5) is 23.8. The van der Waals surface area contributed by atoms with E-state index in [0.29, 0.717) is 30.2 Å². The fourth-order valence-electron chi connectivity index (χ4n) is 2.54. The molecule has 0 bridgehead atoms. The van der Waals surface area contributed by atoms with E-state index in [9.17, 15) is 9.59 Å². The zero-order valence-corrected chi connectivity index (χ0v) is 15.1. The van der Waals surface area contributed by atoms with Gasteiger partial charge >= 0.3 is 0 Å². The van der Waals surface area contributed by atoms with Crippen LogP contribution in [0, 0.1) is 0 Å². The lowest BCUT2D eigenvalue weighted by Crippen LogP contribution is -2.18. The lowest BCUT2D eigenvalue weighted by Gasteiger charge is -2.10. The molecule has 0 aliphatic heterocycles. The van der Waals surface area contributed by atoms with Crippen molar-refractivity contribution in [2.24, 2.45) is 5.73 Å². The summed E-state index contributed by atoms with van der Waals surface area (Å²) in [5.41, 5.74) is 6.40. The number of nitrogens with one attached hydrogen (secondary N) is 1. The third kappa shape index (κ3) is 5.11. The Labute approximate surface area is 162 Å². The Bertz CT molecular complexity index is 940. The normalized spacial score (nSPS) is 10.1. The Balaban J connectivity index is 1.52. The van der Waals surface area contributed by atoms with Crippen molar-refractivity contribution in [2.45, 2.75) is 0 Å². The van der Waals surface area contributed by atoms with Gasteiger partial charge in [0.15, 0.2) is 0 Å². The van der Waals surface area contributed by atoms with E-state index in [1.54, 1.807) is 48.5 Å². The molecule has 0 atom stereocenters. The van der Waals surface area contributed by atoms with E-state index in [1.807, 2.05) is 30.3 Å². The lowest BCUT2D eigenvalue weighted by atomic mass is 10.1. The maximum absolute atomic E-state index is 12.4. The van der Waals surface area contributed by atoms with Crippen LogP contribution in [0.4, 0.5) is 5.69 Å². The molecule has 0 saturated heterocycles. The quantitative estimate of drug-likeness (QED) is 0.589. The first-order valence-corrected chi connectivity index (χ1v) is 8.74. The van der Waals surface area contributed by atoms with Gasteiger partial charge in [-0.2, -0.15) is 0 Å². The van der Waals surface area contributed by atoms with Crippen LogP contribution in [0.1, 0.15) is 20.7 Å². The number of anilines is 1. The molecule has 0 radical (unpaired) electrons. The summed E-state index contributed by atoms with van der Waals surface area (Å²) in [7, 11) is 0. The highest BCUT2D eigenvalue weighted by Crippen LogP contribution is 2.17. The van der Waals surface area contributed by atoms with Gasteiger partial charge in [-0.3, -0.25) is 9.59 Å². The number of benzene rings is 3. The number of para-hydroxylation sites is 2. The van der Waals surface area contributed by atoms with Crippen LogP contribution in [0.5, 0.6) is 11.5 Å². The van der Waals surface area contributed by atoms with Crippen LogP contribution in [0.2, 0.25) is 0 Å². The smallest absolute Gasteiger partial charge is 0.255 e. The summed E-state index contributed by atoms with van der Waals surface area (Å²) < 4.78 is 11.2. The standard InChI is InChI=1S/C22H20N2O4/c23-21(25)19-8-4-5-9-20(19)24-22(26)16-10-12-18(13-11-16)28-15-14-27-17-6-2-1-3-7-17/h1-13H,14-15H2,(H2,23,25)(H,24,26). The van der Waals surface area contributed by atoms with E-state index in [2.05, 4.69) is 5.32 Å². The van der Waals surface area contributed by atoms with Crippen LogP contribution in [0.3, 0.4) is 0 Å². The predicted octanol–water partition coefficient (Wildman–Crippen LogP) is 3.50. The maximum Gasteiger partial charge on any atom is 0.255 e. The average molecular weight is 376 g/mol. The maximum atomic E-state index is 12.4. The minimum absolute atomic E-state index is 0.259. The number of carbonyl (C=O) groups excluding carboxylic acids is 2. The Kier molecular flexibility index (Phi) is 6.25. The molecule has 3 aromatic carbocycles. The van der Waals surface area contributed by atoms with Crippen LogP contribution >= 0.6 is 0 Å². The van der Waals surface area contributed by atoms with Gasteiger partial charge in [0.05, 0.1) is 11.3 Å². The van der Waals surface area contributed by atoms with Crippen molar-refractivity contribution in [3.05, 3.63) is 90.0 Å². The van der Waals surface area contributed by atoms with Crippen molar-refractivity contribution in [2.75, 3.05) is 18.5 Å². The Morgan fingerprint density at radius 2 is 1.32 bits per heavy atom. The van der Waals surface area contributed by atoms with E-state index in [1.165, 1.54) is 0 Å². The first kappa shape index (κ1) is 19.0. The third-order valence-electron chi connectivity index (χ3n) is 3.92. The van der Waals surface area contributed by atoms with E-state index in [-0.39, 0.29) is 11.5 Å². The fraction of sp³-hybridized carbons (Fsp3) is 0.0909. The molecule has 0 spiro atoms. The molecular weight excluding hydrogens is 356 g/mol. The van der Waals surface area contributed by atoms with Crippen LogP contribution in [-0.4, -0.2) is 25.0 Å². The molecule has 0 saturated carbocycles. The first-order valence-electron chi connectivity index (χ1n) is 8.74. The highest BCUT2D eigenvalue weighted by atomic mass is 16.5. The zero-order chi connectivity index (χ0) is 19.8. The van der Waals surface area contributed by atoms with Gasteiger partial charge < -0.3 is 20.5 Å². The van der Waals surface area contributed by atoms with Crippen molar-refractivity contribution in [3.63, 3.8) is 0 Å². The van der Waals surface area contributed by atoms with Crippen molar-refractivity contribution in [1.29, 1.82) is 0 Å². The Morgan fingerprint density at radius 1 is 0.750 bits per heavy atom. The molecular formula is C22H20N2O4. The van der Waals surface area contributed by atoms with Gasteiger partial charge in [0.1, 0.15) is 24.7 Å². The van der Waals surface area contributed by atoms with Crippen LogP contribution in [0.15, 0.2) is 78.9 Å². The molecule has 0 aliphatic carbocycles. The number of rotatable bonds is 8. The number of hydrogen-bond donors (Lipinski definition) is 2. The molecule has 0 unspecified atom stereocenters. The Morgan fingerprint density at radius 3 is 1.96 bits per heavy atom. The monoisotopic (exact) mass is 376 g/mol. The van der Waals surface area contributed by atoms with Crippen molar-refractivity contribution < 1.29 is 19.1 Å². The number of hydrogen-bond acceptors (Lipinski definition) is 4. The molecule has 0 aliphatic rings. The lowest BCUT2D eigenvalue weighted by molar-refractivity contribution is 0.100. The highest BCUT2D eigenvalue weighted by Gasteiger charge is 2.11. The molecule has 3 N–H and O–H groups in total. The third-order valence-corrected chi connectivity index (χ3v) is 3.92. The molecule has 6 heteroatoms. The van der Waals surface area contributed by atoms with Crippen molar-refractivity contribution >= 4 is 17.5 Å². The van der Waals surface area contributed by atoms with Gasteiger partial charge in [0.25, 0.3) is 11.8 Å². The van der Waals surface area contributed by atoms with E-state index >= 15 is 0 Å². The molecule has 28 heavy (non-hydrogen) atoms. The SMILES string of the molecule is NC(=O)c1ccccc1NC(=O)c1ccc(OCCOc2ccccc2)cc1. The summed E-state index contributed by atoms with van der Waals surface area (Å²) in [5.74, 6) is 0.477. The second-order valence-electron chi connectivity index (χ2n) is 5.90. The topological polar surface area (TPSA) is 90.7 Å². The number of ether oxygens (including phenoxy) is 2. The summed E-state index contributed by atoms with van der Waals surface area (Å²) in [6, 6.07) is 22.8. The summed E-state index contributed by atoms with van der Waals surface area (Å²) in [5, 5.41) is 2.70. The van der Waals surface area contributed by atoms with Crippen molar-refractivity contribution in [1.82, 2.24) is 0 Å². The van der Waals surface area contributed by atoms with Crippen LogP contribution < -0.4 is 20.5 Å². The van der Waals surface area contributed by atoms with Crippen molar-refractivity contribution in [3.8, 4) is 11.5 Å². The van der Waals surface area contributed by atoms with Gasteiger partial charge in [0.2, 0.25) is 0 Å². The number of amides is 2. The molecule has 0 aromatic heterocycles. The second-order valence-corrected chi connectivity index (χ2v) is 5.90. The van der Waals surface area contributed by atoms with Gasteiger partial charge in [-0.15, -0.1) is 0 Å². The van der Waals surface area contributed by atoms with Crippen LogP contribution in [0.25, 0.3) is 0 Å². The molecule has 0 fully saturated rings. The molecule has 6 nitrogen and oxygen atoms in total. The largest absolute Gasteiger partial charge is 0.490 e. The zero-order valence-electron chi connectivity index (χ0n) is 15.1. The van der Waals surface area contributed by atoms with E-state index in [4.69, 9.17) is 15.2 Å². The highest BCUT2D eigenvalue weighted by molar-refractivity contribution is 6.08. The minimum Gasteiger partial charge on any atom is -0.490 e. The van der Waals surface area contributed by atoms with E-state index in [0.717, 1.165) is 5.75 Å². The second kappa shape index (κ2) is 9.23. The van der Waals surface area contributed by atoms with Gasteiger partial charge in [-0.1, -0.05) is 30.3 Å².